The molecule has 2 aliphatic rings. The van der Waals surface area contributed by atoms with E-state index in [4.69, 9.17) is 9.47 Å². The summed E-state index contributed by atoms with van der Waals surface area (Å²) in [5.74, 6) is 0.791. The fraction of sp³-hybridized carbons (Fsp3) is 0.500. The van der Waals surface area contributed by atoms with Gasteiger partial charge in [-0.25, -0.2) is 5.10 Å². The third-order valence-electron chi connectivity index (χ3n) is 4.93. The van der Waals surface area contributed by atoms with E-state index in [1.165, 1.54) is 0 Å². The summed E-state index contributed by atoms with van der Waals surface area (Å²) in [5, 5.41) is 6.38. The van der Waals surface area contributed by atoms with Gasteiger partial charge in [0.15, 0.2) is 0 Å². The van der Waals surface area contributed by atoms with Crippen molar-refractivity contribution in [3.63, 3.8) is 0 Å². The van der Waals surface area contributed by atoms with Gasteiger partial charge < -0.3 is 14.4 Å². The monoisotopic (exact) mass is 357 g/mol. The molecule has 4 rings (SSSR count). The van der Waals surface area contributed by atoms with Crippen LogP contribution in [0.5, 0.6) is 5.75 Å². The van der Waals surface area contributed by atoms with Crippen molar-refractivity contribution in [3.05, 3.63) is 45.6 Å². The van der Waals surface area contributed by atoms with Gasteiger partial charge in [-0.05, 0) is 18.6 Å². The first-order valence-corrected chi connectivity index (χ1v) is 8.90. The number of fused-ring (bicyclic) bond motifs is 1. The Kier molecular flexibility index (Phi) is 4.85. The summed E-state index contributed by atoms with van der Waals surface area (Å²) in [5.41, 5.74) is 3.52. The van der Waals surface area contributed by atoms with Crippen molar-refractivity contribution >= 4 is 5.69 Å². The summed E-state index contributed by atoms with van der Waals surface area (Å²) in [4.78, 5) is 20.8. The molecule has 0 spiro atoms. The largest absolute Gasteiger partial charge is 0.491 e. The molecule has 0 unspecified atom stereocenters. The van der Waals surface area contributed by atoms with Crippen molar-refractivity contribution in [1.82, 2.24) is 20.1 Å². The van der Waals surface area contributed by atoms with E-state index in [0.29, 0.717) is 25.3 Å². The Labute approximate surface area is 151 Å². The minimum absolute atomic E-state index is 0.154. The van der Waals surface area contributed by atoms with Gasteiger partial charge in [0.05, 0.1) is 43.5 Å². The third-order valence-corrected chi connectivity index (χ3v) is 4.93. The molecular formula is C18H23N5O3. The van der Waals surface area contributed by atoms with Gasteiger partial charge >= 0.3 is 0 Å². The fourth-order valence-electron chi connectivity index (χ4n) is 3.37. The predicted octanol–water partition coefficient (Wildman–Crippen LogP) is 0.705. The Balaban J connectivity index is 1.38. The zero-order chi connectivity index (χ0) is 17.9. The maximum atomic E-state index is 11.8. The average molecular weight is 357 g/mol. The van der Waals surface area contributed by atoms with E-state index in [9.17, 15) is 4.79 Å². The minimum Gasteiger partial charge on any atom is -0.491 e. The molecule has 0 radical (unpaired) electrons. The van der Waals surface area contributed by atoms with Crippen molar-refractivity contribution in [1.29, 1.82) is 0 Å². The van der Waals surface area contributed by atoms with Crippen molar-refractivity contribution in [2.45, 2.75) is 20.0 Å². The molecular weight excluding hydrogens is 334 g/mol. The van der Waals surface area contributed by atoms with Crippen LogP contribution in [0.4, 0.5) is 5.69 Å². The SMILES string of the molecule is Cc1c(N2Cc3cc(OCCN4CCOCC4)cnc3C2)cn[nH]c1=O. The second-order valence-corrected chi connectivity index (χ2v) is 6.64. The van der Waals surface area contributed by atoms with Gasteiger partial charge in [0.1, 0.15) is 12.4 Å². The Morgan fingerprint density at radius 1 is 1.27 bits per heavy atom. The maximum Gasteiger partial charge on any atom is 0.269 e. The lowest BCUT2D eigenvalue weighted by Gasteiger charge is -2.26. The van der Waals surface area contributed by atoms with Crippen LogP contribution in [0.25, 0.3) is 0 Å². The second-order valence-electron chi connectivity index (χ2n) is 6.64. The van der Waals surface area contributed by atoms with E-state index in [2.05, 4.69) is 31.0 Å². The molecule has 0 aliphatic carbocycles. The van der Waals surface area contributed by atoms with Crippen LogP contribution >= 0.6 is 0 Å². The van der Waals surface area contributed by atoms with Gasteiger partial charge in [0.25, 0.3) is 5.56 Å². The Bertz CT molecular complexity index is 832. The first-order valence-electron chi connectivity index (χ1n) is 8.90. The molecule has 1 fully saturated rings. The molecule has 4 heterocycles. The molecule has 8 nitrogen and oxygen atoms in total. The molecule has 138 valence electrons. The van der Waals surface area contributed by atoms with Crippen molar-refractivity contribution in [2.75, 3.05) is 44.4 Å². The zero-order valence-electron chi connectivity index (χ0n) is 14.9. The highest BCUT2D eigenvalue weighted by Crippen LogP contribution is 2.29. The Morgan fingerprint density at radius 3 is 2.96 bits per heavy atom. The standard InChI is InChI=1S/C18H23N5O3/c1-13-17(10-20-21-18(13)24)23-11-14-8-15(9-19-16(14)12-23)26-7-4-22-2-5-25-6-3-22/h8-10H,2-7,11-12H2,1H3,(H,21,24). The molecule has 0 saturated carbocycles. The smallest absolute Gasteiger partial charge is 0.269 e. The third kappa shape index (κ3) is 3.56. The predicted molar refractivity (Wildman–Crippen MR) is 96.5 cm³/mol. The van der Waals surface area contributed by atoms with E-state index in [0.717, 1.165) is 55.5 Å². The molecule has 0 atom stereocenters. The van der Waals surface area contributed by atoms with Crippen LogP contribution in [0.1, 0.15) is 16.8 Å². The number of hydrogen-bond donors (Lipinski definition) is 1. The lowest BCUT2D eigenvalue weighted by Crippen LogP contribution is -2.38. The number of nitrogens with one attached hydrogen (secondary N) is 1. The van der Waals surface area contributed by atoms with Gasteiger partial charge in [-0.15, -0.1) is 0 Å². The van der Waals surface area contributed by atoms with E-state index in [1.807, 2.05) is 6.92 Å². The molecule has 2 aromatic rings. The molecule has 1 N–H and O–H groups in total. The van der Waals surface area contributed by atoms with Gasteiger partial charge in [-0.2, -0.15) is 5.10 Å². The quantitative estimate of drug-likeness (QED) is 0.843. The number of pyridine rings is 1. The summed E-state index contributed by atoms with van der Waals surface area (Å²) in [6.45, 7) is 8.25. The van der Waals surface area contributed by atoms with Crippen LogP contribution in [0.15, 0.2) is 23.3 Å². The molecule has 2 aromatic heterocycles. The zero-order valence-corrected chi connectivity index (χ0v) is 14.9. The van der Waals surface area contributed by atoms with E-state index in [-0.39, 0.29) is 5.56 Å². The van der Waals surface area contributed by atoms with Gasteiger partial charge in [-0.1, -0.05) is 0 Å². The Hall–Kier alpha value is -2.45. The molecule has 0 bridgehead atoms. The highest BCUT2D eigenvalue weighted by molar-refractivity contribution is 5.54. The van der Waals surface area contributed by atoms with Crippen molar-refractivity contribution < 1.29 is 9.47 Å². The summed E-state index contributed by atoms with van der Waals surface area (Å²) >= 11 is 0. The molecule has 1 saturated heterocycles. The number of rotatable bonds is 5. The molecule has 2 aliphatic heterocycles. The number of anilines is 1. The van der Waals surface area contributed by atoms with Gasteiger partial charge in [0.2, 0.25) is 0 Å². The van der Waals surface area contributed by atoms with Crippen molar-refractivity contribution in [3.8, 4) is 5.75 Å². The number of aromatic amines is 1. The van der Waals surface area contributed by atoms with Crippen LogP contribution in [0.2, 0.25) is 0 Å². The van der Waals surface area contributed by atoms with Crippen LogP contribution in [0, 0.1) is 6.92 Å². The lowest BCUT2D eigenvalue weighted by molar-refractivity contribution is 0.0322. The number of morpholine rings is 1. The van der Waals surface area contributed by atoms with Crippen molar-refractivity contribution in [2.24, 2.45) is 0 Å². The number of ether oxygens (including phenoxy) is 2. The summed E-state index contributed by atoms with van der Waals surface area (Å²) in [7, 11) is 0. The highest BCUT2D eigenvalue weighted by atomic mass is 16.5. The van der Waals surface area contributed by atoms with Gasteiger partial charge in [-0.3, -0.25) is 14.7 Å². The number of nitrogens with zero attached hydrogens (tertiary/aromatic N) is 4. The fourth-order valence-corrected chi connectivity index (χ4v) is 3.37. The minimum atomic E-state index is -0.154. The molecule has 0 amide bonds. The lowest BCUT2D eigenvalue weighted by atomic mass is 10.2. The van der Waals surface area contributed by atoms with E-state index >= 15 is 0 Å². The second kappa shape index (κ2) is 7.43. The summed E-state index contributed by atoms with van der Waals surface area (Å²) < 4.78 is 11.2. The normalized spacial score (nSPS) is 17.3. The molecule has 8 heteroatoms. The van der Waals surface area contributed by atoms with E-state index in [1.54, 1.807) is 12.4 Å². The van der Waals surface area contributed by atoms with Crippen LogP contribution in [0.3, 0.4) is 0 Å². The van der Waals surface area contributed by atoms with Crippen LogP contribution < -0.4 is 15.2 Å². The summed E-state index contributed by atoms with van der Waals surface area (Å²) in [6, 6.07) is 2.05. The Morgan fingerprint density at radius 2 is 2.12 bits per heavy atom. The number of aromatic nitrogens is 3. The first-order chi connectivity index (χ1) is 12.7. The molecule has 26 heavy (non-hydrogen) atoms. The molecule has 0 aromatic carbocycles. The number of H-pyrrole nitrogens is 1. The first kappa shape index (κ1) is 17.0. The van der Waals surface area contributed by atoms with Crippen LogP contribution in [-0.4, -0.2) is 59.5 Å². The van der Waals surface area contributed by atoms with Crippen LogP contribution in [-0.2, 0) is 17.8 Å². The highest BCUT2D eigenvalue weighted by Gasteiger charge is 2.23. The summed E-state index contributed by atoms with van der Waals surface area (Å²) in [6.07, 6.45) is 3.48. The van der Waals surface area contributed by atoms with E-state index < -0.39 is 0 Å². The topological polar surface area (TPSA) is 83.6 Å². The van der Waals surface area contributed by atoms with Gasteiger partial charge in [0, 0.05) is 31.7 Å². The maximum absolute atomic E-state index is 11.8. The average Bonchev–Trinajstić information content (AvgIpc) is 3.08. The number of hydrogen-bond acceptors (Lipinski definition) is 7.